The van der Waals surface area contributed by atoms with E-state index in [4.69, 9.17) is 4.74 Å². The van der Waals surface area contributed by atoms with Crippen molar-refractivity contribution < 1.29 is 14.3 Å². The van der Waals surface area contributed by atoms with Crippen molar-refractivity contribution in [1.29, 1.82) is 0 Å². The van der Waals surface area contributed by atoms with Crippen LogP contribution in [0.15, 0.2) is 34.8 Å². The standard InChI is InChI=1S/C22H24BrNO3S/c1-14(2)27-22(26)20-17-6-4-3-5-7-18(17)28-21(20)24-19(25)13-10-15-8-11-16(23)12-9-15/h8-14H,3-7H2,1-2H3,(H,24,25). The summed E-state index contributed by atoms with van der Waals surface area (Å²) in [5, 5.41) is 3.51. The molecular weight excluding hydrogens is 438 g/mol. The number of rotatable bonds is 5. The molecule has 6 heteroatoms. The Morgan fingerprint density at radius 2 is 1.86 bits per heavy atom. The Morgan fingerprint density at radius 1 is 1.14 bits per heavy atom. The van der Waals surface area contributed by atoms with Gasteiger partial charge in [0.1, 0.15) is 5.00 Å². The number of fused-ring (bicyclic) bond motifs is 1. The van der Waals surface area contributed by atoms with Crippen LogP contribution in [-0.4, -0.2) is 18.0 Å². The average Bonchev–Trinajstić information content (AvgIpc) is 2.81. The Balaban J connectivity index is 1.82. The third-order valence-electron chi connectivity index (χ3n) is 4.50. The van der Waals surface area contributed by atoms with E-state index in [1.165, 1.54) is 22.3 Å². The van der Waals surface area contributed by atoms with Gasteiger partial charge in [0.25, 0.3) is 0 Å². The molecule has 1 aromatic heterocycles. The summed E-state index contributed by atoms with van der Waals surface area (Å²) in [6, 6.07) is 7.70. The summed E-state index contributed by atoms with van der Waals surface area (Å²) in [4.78, 5) is 26.4. The number of benzene rings is 1. The fourth-order valence-electron chi connectivity index (χ4n) is 3.22. The van der Waals surface area contributed by atoms with Crippen LogP contribution >= 0.6 is 27.3 Å². The largest absolute Gasteiger partial charge is 0.459 e. The van der Waals surface area contributed by atoms with E-state index in [1.807, 2.05) is 38.1 Å². The number of hydrogen-bond donors (Lipinski definition) is 1. The van der Waals surface area contributed by atoms with Crippen molar-refractivity contribution in [3.05, 3.63) is 56.4 Å². The van der Waals surface area contributed by atoms with Gasteiger partial charge in [-0.2, -0.15) is 0 Å². The number of carbonyl (C=O) groups excluding carboxylic acids is 2. The first-order chi connectivity index (χ1) is 13.4. The molecule has 1 aromatic carbocycles. The van der Waals surface area contributed by atoms with Crippen molar-refractivity contribution in [3.63, 3.8) is 0 Å². The smallest absolute Gasteiger partial charge is 0.341 e. The summed E-state index contributed by atoms with van der Waals surface area (Å²) < 4.78 is 6.45. The van der Waals surface area contributed by atoms with Gasteiger partial charge >= 0.3 is 5.97 Å². The zero-order valence-corrected chi connectivity index (χ0v) is 18.5. The van der Waals surface area contributed by atoms with E-state index >= 15 is 0 Å². The van der Waals surface area contributed by atoms with Gasteiger partial charge in [-0.25, -0.2) is 4.79 Å². The first-order valence-electron chi connectivity index (χ1n) is 9.54. The predicted octanol–water partition coefficient (Wildman–Crippen LogP) is 6.00. The van der Waals surface area contributed by atoms with Crippen LogP contribution in [0.2, 0.25) is 0 Å². The number of aryl methyl sites for hydroxylation is 1. The molecule has 0 aliphatic heterocycles. The summed E-state index contributed by atoms with van der Waals surface area (Å²) in [5.41, 5.74) is 2.53. The lowest BCUT2D eigenvalue weighted by molar-refractivity contribution is -0.111. The zero-order chi connectivity index (χ0) is 20.1. The number of carbonyl (C=O) groups is 2. The van der Waals surface area contributed by atoms with Crippen molar-refractivity contribution in [2.75, 3.05) is 5.32 Å². The van der Waals surface area contributed by atoms with Gasteiger partial charge in [-0.05, 0) is 68.9 Å². The summed E-state index contributed by atoms with van der Waals surface area (Å²) in [5.74, 6) is -0.598. The highest BCUT2D eigenvalue weighted by atomic mass is 79.9. The van der Waals surface area contributed by atoms with Crippen molar-refractivity contribution >= 4 is 50.2 Å². The first-order valence-corrected chi connectivity index (χ1v) is 11.1. The van der Waals surface area contributed by atoms with E-state index in [0.29, 0.717) is 10.6 Å². The van der Waals surface area contributed by atoms with Crippen molar-refractivity contribution in [2.24, 2.45) is 0 Å². The van der Waals surface area contributed by atoms with Crippen LogP contribution in [0.25, 0.3) is 6.08 Å². The molecular formula is C22H24BrNO3S. The van der Waals surface area contributed by atoms with Gasteiger partial charge < -0.3 is 10.1 Å². The van der Waals surface area contributed by atoms with E-state index in [9.17, 15) is 9.59 Å². The van der Waals surface area contributed by atoms with Crippen LogP contribution in [0.1, 0.15) is 59.5 Å². The quantitative estimate of drug-likeness (QED) is 0.337. The Hall–Kier alpha value is -1.92. The molecule has 0 atom stereocenters. The summed E-state index contributed by atoms with van der Waals surface area (Å²) in [7, 11) is 0. The second-order valence-electron chi connectivity index (χ2n) is 7.10. The molecule has 148 valence electrons. The van der Waals surface area contributed by atoms with Gasteiger partial charge in [0, 0.05) is 15.4 Å². The Kier molecular flexibility index (Phi) is 7.08. The van der Waals surface area contributed by atoms with E-state index in [0.717, 1.165) is 47.7 Å². The average molecular weight is 462 g/mol. The van der Waals surface area contributed by atoms with Crippen molar-refractivity contribution in [2.45, 2.75) is 52.1 Å². The van der Waals surface area contributed by atoms with Crippen LogP contribution in [0.4, 0.5) is 5.00 Å². The first kappa shape index (κ1) is 20.8. The topological polar surface area (TPSA) is 55.4 Å². The summed E-state index contributed by atoms with van der Waals surface area (Å²) in [6.07, 6.45) is 8.20. The van der Waals surface area contributed by atoms with E-state index in [-0.39, 0.29) is 18.0 Å². The second kappa shape index (κ2) is 9.52. The van der Waals surface area contributed by atoms with Crippen LogP contribution in [0.3, 0.4) is 0 Å². The van der Waals surface area contributed by atoms with E-state index < -0.39 is 0 Å². The number of esters is 1. The van der Waals surface area contributed by atoms with Gasteiger partial charge in [0.15, 0.2) is 0 Å². The lowest BCUT2D eigenvalue weighted by Crippen LogP contribution is -2.16. The molecule has 3 rings (SSSR count). The molecule has 2 aromatic rings. The van der Waals surface area contributed by atoms with Crippen molar-refractivity contribution in [1.82, 2.24) is 0 Å². The van der Waals surface area contributed by atoms with Gasteiger partial charge in [0.05, 0.1) is 11.7 Å². The SMILES string of the molecule is CC(C)OC(=O)c1c(NC(=O)C=Cc2ccc(Br)cc2)sc2c1CCCCC2. The van der Waals surface area contributed by atoms with E-state index in [2.05, 4.69) is 21.2 Å². The molecule has 0 fully saturated rings. The maximum absolute atomic E-state index is 12.7. The lowest BCUT2D eigenvalue weighted by Gasteiger charge is -2.11. The molecule has 0 radical (unpaired) electrons. The fraction of sp³-hybridized carbons (Fsp3) is 0.364. The molecule has 1 aliphatic rings. The van der Waals surface area contributed by atoms with Crippen LogP contribution in [-0.2, 0) is 22.4 Å². The molecule has 0 spiro atoms. The normalized spacial score (nSPS) is 14.0. The van der Waals surface area contributed by atoms with E-state index in [1.54, 1.807) is 6.08 Å². The second-order valence-corrected chi connectivity index (χ2v) is 9.12. The van der Waals surface area contributed by atoms with Gasteiger partial charge in [-0.15, -0.1) is 11.3 Å². The zero-order valence-electron chi connectivity index (χ0n) is 16.1. The number of anilines is 1. The summed E-state index contributed by atoms with van der Waals surface area (Å²) >= 11 is 4.91. The molecule has 4 nitrogen and oxygen atoms in total. The minimum atomic E-state index is -0.346. The number of ether oxygens (including phenoxy) is 1. The lowest BCUT2D eigenvalue weighted by atomic mass is 10.1. The number of nitrogens with one attached hydrogen (secondary N) is 1. The van der Waals surface area contributed by atoms with Gasteiger partial charge in [-0.3, -0.25) is 4.79 Å². The maximum atomic E-state index is 12.7. The van der Waals surface area contributed by atoms with Crippen molar-refractivity contribution in [3.8, 4) is 0 Å². The predicted molar refractivity (Wildman–Crippen MR) is 118 cm³/mol. The molecule has 0 unspecified atom stereocenters. The summed E-state index contributed by atoms with van der Waals surface area (Å²) in [6.45, 7) is 3.67. The highest BCUT2D eigenvalue weighted by Gasteiger charge is 2.26. The molecule has 1 N–H and O–H groups in total. The molecule has 0 saturated carbocycles. The number of halogens is 1. The fourth-order valence-corrected chi connectivity index (χ4v) is 4.76. The molecule has 1 heterocycles. The Bertz CT molecular complexity index is 884. The monoisotopic (exact) mass is 461 g/mol. The molecule has 0 saturated heterocycles. The highest BCUT2D eigenvalue weighted by Crippen LogP contribution is 2.38. The number of thiophene rings is 1. The third-order valence-corrected chi connectivity index (χ3v) is 6.24. The third kappa shape index (κ3) is 5.32. The molecule has 28 heavy (non-hydrogen) atoms. The highest BCUT2D eigenvalue weighted by molar-refractivity contribution is 9.10. The molecule has 0 bridgehead atoms. The molecule has 1 amide bonds. The minimum absolute atomic E-state index is 0.199. The molecule has 1 aliphatic carbocycles. The van der Waals surface area contributed by atoms with Gasteiger partial charge in [-0.1, -0.05) is 34.5 Å². The Labute approximate surface area is 178 Å². The Morgan fingerprint density at radius 3 is 2.57 bits per heavy atom. The minimum Gasteiger partial charge on any atom is -0.459 e. The van der Waals surface area contributed by atoms with Crippen LogP contribution in [0.5, 0.6) is 0 Å². The maximum Gasteiger partial charge on any atom is 0.341 e. The van der Waals surface area contributed by atoms with Gasteiger partial charge in [0.2, 0.25) is 5.91 Å². The number of amides is 1. The van der Waals surface area contributed by atoms with Crippen LogP contribution < -0.4 is 5.32 Å². The number of hydrogen-bond acceptors (Lipinski definition) is 4. The van der Waals surface area contributed by atoms with Crippen LogP contribution in [0, 0.1) is 0 Å².